The summed E-state index contributed by atoms with van der Waals surface area (Å²) in [6.07, 6.45) is 6.49. The molecule has 1 saturated heterocycles. The predicted octanol–water partition coefficient (Wildman–Crippen LogP) is 2.43. The van der Waals surface area contributed by atoms with Crippen molar-refractivity contribution >= 4 is 29.3 Å². The minimum absolute atomic E-state index is 0.0265. The van der Waals surface area contributed by atoms with Crippen LogP contribution in [0.25, 0.3) is 0 Å². The van der Waals surface area contributed by atoms with E-state index < -0.39 is 0 Å². The first kappa shape index (κ1) is 23.7. The van der Waals surface area contributed by atoms with Crippen molar-refractivity contribution in [2.45, 2.75) is 32.0 Å². The van der Waals surface area contributed by atoms with Crippen LogP contribution < -0.4 is 20.3 Å². The quantitative estimate of drug-likeness (QED) is 0.420. The van der Waals surface area contributed by atoms with E-state index in [9.17, 15) is 9.90 Å². The maximum Gasteiger partial charge on any atom is 0.256 e. The van der Waals surface area contributed by atoms with E-state index in [-0.39, 0.29) is 18.6 Å². The standard InChI is InChI=1S/C23H26ClN7O3/c1-34-20-5-4-15(9-19(20)24)10-25-21-18(22(33)26-11-16-6-7-28-29-12-16)13-27-23(30-21)31-8-2-3-17(31)14-32/h4-7,9,12-13,17,32H,2-3,8,10-11,14H2,1H3,(H,26,33)(H,25,27,30). The Balaban J connectivity index is 1.56. The number of hydrogen-bond donors (Lipinski definition) is 3. The second-order valence-electron chi connectivity index (χ2n) is 7.86. The van der Waals surface area contributed by atoms with Gasteiger partial charge in [-0.05, 0) is 42.2 Å². The van der Waals surface area contributed by atoms with Crippen LogP contribution >= 0.6 is 11.6 Å². The number of aliphatic hydroxyl groups is 1. The van der Waals surface area contributed by atoms with Gasteiger partial charge in [-0.2, -0.15) is 15.2 Å². The van der Waals surface area contributed by atoms with Crippen molar-refractivity contribution in [3.05, 3.63) is 64.6 Å². The molecule has 178 valence electrons. The predicted molar refractivity (Wildman–Crippen MR) is 128 cm³/mol. The minimum atomic E-state index is -0.321. The summed E-state index contributed by atoms with van der Waals surface area (Å²) >= 11 is 6.25. The fourth-order valence-electron chi connectivity index (χ4n) is 3.81. The third-order valence-corrected chi connectivity index (χ3v) is 5.94. The topological polar surface area (TPSA) is 125 Å². The van der Waals surface area contributed by atoms with Crippen LogP contribution in [0.5, 0.6) is 5.75 Å². The number of carbonyl (C=O) groups is 1. The van der Waals surface area contributed by atoms with Crippen molar-refractivity contribution in [1.29, 1.82) is 0 Å². The maximum absolute atomic E-state index is 13.0. The van der Waals surface area contributed by atoms with Gasteiger partial charge < -0.3 is 25.4 Å². The monoisotopic (exact) mass is 483 g/mol. The number of benzene rings is 1. The second kappa shape index (κ2) is 11.1. The van der Waals surface area contributed by atoms with Crippen molar-refractivity contribution in [2.24, 2.45) is 0 Å². The molecule has 1 atom stereocenters. The number of methoxy groups -OCH3 is 1. The summed E-state index contributed by atoms with van der Waals surface area (Å²) in [7, 11) is 1.56. The second-order valence-corrected chi connectivity index (χ2v) is 8.27. The fourth-order valence-corrected chi connectivity index (χ4v) is 4.09. The molecule has 1 aliphatic rings. The highest BCUT2D eigenvalue weighted by Crippen LogP contribution is 2.27. The zero-order valence-corrected chi connectivity index (χ0v) is 19.5. The smallest absolute Gasteiger partial charge is 0.256 e. The van der Waals surface area contributed by atoms with Gasteiger partial charge in [-0.1, -0.05) is 17.7 Å². The van der Waals surface area contributed by atoms with E-state index in [4.69, 9.17) is 16.3 Å². The number of hydrogen-bond acceptors (Lipinski definition) is 9. The summed E-state index contributed by atoms with van der Waals surface area (Å²) in [4.78, 5) is 24.0. The van der Waals surface area contributed by atoms with Crippen LogP contribution in [0, 0.1) is 0 Å². The first-order valence-corrected chi connectivity index (χ1v) is 11.3. The number of nitrogens with zero attached hydrogens (tertiary/aromatic N) is 5. The van der Waals surface area contributed by atoms with E-state index in [1.54, 1.807) is 37.7 Å². The Kier molecular flexibility index (Phi) is 7.71. The third-order valence-electron chi connectivity index (χ3n) is 5.64. The molecule has 4 rings (SSSR count). The Morgan fingerprint density at radius 1 is 1.24 bits per heavy atom. The van der Waals surface area contributed by atoms with E-state index in [1.807, 2.05) is 11.0 Å². The number of anilines is 2. The number of halogens is 1. The lowest BCUT2D eigenvalue weighted by molar-refractivity contribution is 0.0951. The Hall–Kier alpha value is -3.50. The van der Waals surface area contributed by atoms with E-state index in [0.29, 0.717) is 41.2 Å². The molecular formula is C23H26ClN7O3. The highest BCUT2D eigenvalue weighted by molar-refractivity contribution is 6.32. The zero-order valence-electron chi connectivity index (χ0n) is 18.7. The van der Waals surface area contributed by atoms with Gasteiger partial charge in [0.1, 0.15) is 17.1 Å². The van der Waals surface area contributed by atoms with Gasteiger partial charge >= 0.3 is 0 Å². The molecule has 1 amide bonds. The van der Waals surface area contributed by atoms with Crippen molar-refractivity contribution in [1.82, 2.24) is 25.5 Å². The van der Waals surface area contributed by atoms with Crippen LogP contribution in [0.15, 0.2) is 42.9 Å². The molecule has 0 aliphatic carbocycles. The highest BCUT2D eigenvalue weighted by Gasteiger charge is 2.27. The maximum atomic E-state index is 13.0. The molecular weight excluding hydrogens is 458 g/mol. The van der Waals surface area contributed by atoms with Crippen LogP contribution in [-0.2, 0) is 13.1 Å². The molecule has 3 N–H and O–H groups in total. The van der Waals surface area contributed by atoms with Crippen molar-refractivity contribution in [3.63, 3.8) is 0 Å². The third kappa shape index (κ3) is 5.52. The molecule has 34 heavy (non-hydrogen) atoms. The van der Waals surface area contributed by atoms with Gasteiger partial charge in [0.15, 0.2) is 0 Å². The van der Waals surface area contributed by atoms with Crippen LogP contribution in [0.2, 0.25) is 5.02 Å². The van der Waals surface area contributed by atoms with Gasteiger partial charge in [-0.25, -0.2) is 4.98 Å². The van der Waals surface area contributed by atoms with E-state index in [0.717, 1.165) is 30.5 Å². The molecule has 11 heteroatoms. The van der Waals surface area contributed by atoms with Gasteiger partial charge in [0.05, 0.1) is 31.0 Å². The van der Waals surface area contributed by atoms with Gasteiger partial charge in [0, 0.05) is 32.0 Å². The van der Waals surface area contributed by atoms with Gasteiger partial charge in [0.25, 0.3) is 5.91 Å². The molecule has 2 aromatic heterocycles. The number of ether oxygens (including phenoxy) is 1. The zero-order chi connectivity index (χ0) is 23.9. The molecule has 3 heterocycles. The molecule has 0 bridgehead atoms. The van der Waals surface area contributed by atoms with E-state index >= 15 is 0 Å². The number of amides is 1. The van der Waals surface area contributed by atoms with E-state index in [1.165, 1.54) is 6.20 Å². The molecule has 1 fully saturated rings. The first-order valence-electron chi connectivity index (χ1n) is 10.9. The van der Waals surface area contributed by atoms with Crippen LogP contribution in [0.1, 0.15) is 34.3 Å². The largest absolute Gasteiger partial charge is 0.495 e. The van der Waals surface area contributed by atoms with Crippen LogP contribution in [0.3, 0.4) is 0 Å². The first-order chi connectivity index (χ1) is 16.6. The van der Waals surface area contributed by atoms with Gasteiger partial charge in [-0.3, -0.25) is 4.79 Å². The van der Waals surface area contributed by atoms with Gasteiger partial charge in [-0.15, -0.1) is 0 Å². The molecule has 1 unspecified atom stereocenters. The molecule has 10 nitrogen and oxygen atoms in total. The number of carbonyl (C=O) groups excluding carboxylic acids is 1. The molecule has 1 aromatic carbocycles. The fraction of sp³-hybridized carbons (Fsp3) is 0.348. The molecule has 0 spiro atoms. The average Bonchev–Trinajstić information content (AvgIpc) is 3.35. The summed E-state index contributed by atoms with van der Waals surface area (Å²) in [5.41, 5.74) is 2.03. The van der Waals surface area contributed by atoms with Gasteiger partial charge in [0.2, 0.25) is 5.95 Å². The lowest BCUT2D eigenvalue weighted by atomic mass is 10.2. The Morgan fingerprint density at radius 2 is 2.12 bits per heavy atom. The van der Waals surface area contributed by atoms with Crippen LogP contribution in [-0.4, -0.2) is 57.5 Å². The lowest BCUT2D eigenvalue weighted by Crippen LogP contribution is -2.34. The summed E-state index contributed by atoms with van der Waals surface area (Å²) in [6, 6.07) is 7.22. The van der Waals surface area contributed by atoms with Crippen molar-refractivity contribution in [2.75, 3.05) is 30.5 Å². The SMILES string of the molecule is COc1ccc(CNc2nc(N3CCCC3CO)ncc2C(=O)NCc2ccnnc2)cc1Cl. The Morgan fingerprint density at radius 3 is 2.85 bits per heavy atom. The van der Waals surface area contributed by atoms with Crippen molar-refractivity contribution < 1.29 is 14.6 Å². The minimum Gasteiger partial charge on any atom is -0.495 e. The summed E-state index contributed by atoms with van der Waals surface area (Å²) < 4.78 is 5.21. The number of nitrogens with one attached hydrogen (secondary N) is 2. The average molecular weight is 484 g/mol. The molecule has 1 aliphatic heterocycles. The number of aliphatic hydroxyl groups excluding tert-OH is 1. The summed E-state index contributed by atoms with van der Waals surface area (Å²) in [5, 5.41) is 23.9. The number of rotatable bonds is 9. The molecule has 0 radical (unpaired) electrons. The Bertz CT molecular complexity index is 1130. The lowest BCUT2D eigenvalue weighted by Gasteiger charge is -2.24. The number of aromatic nitrogens is 4. The van der Waals surface area contributed by atoms with Crippen LogP contribution in [0.4, 0.5) is 11.8 Å². The van der Waals surface area contributed by atoms with Crippen molar-refractivity contribution in [3.8, 4) is 5.75 Å². The molecule has 0 saturated carbocycles. The summed E-state index contributed by atoms with van der Waals surface area (Å²) in [6.45, 7) is 1.46. The highest BCUT2D eigenvalue weighted by atomic mass is 35.5. The summed E-state index contributed by atoms with van der Waals surface area (Å²) in [5.74, 6) is 1.14. The molecule has 3 aromatic rings. The Labute approximate surface area is 202 Å². The van der Waals surface area contributed by atoms with E-state index in [2.05, 4.69) is 30.8 Å². The normalized spacial score (nSPS) is 15.3.